The standard InChI is InChI=1S/C24H23N3O/c1-4-16(3)27-10-9-19(14-27)23-11-17-6-7-18(12-22(17)28-23)24-15(2)5-8-21-20(24)13-25-26-21/h4-8,11-13,19H,1,3,9-10,14H2,2H3,(H,25,26). The second-order valence-corrected chi connectivity index (χ2v) is 7.62. The molecule has 4 heteroatoms. The summed E-state index contributed by atoms with van der Waals surface area (Å²) in [5, 5.41) is 9.56. The maximum atomic E-state index is 6.30. The van der Waals surface area contributed by atoms with Gasteiger partial charge in [0.2, 0.25) is 0 Å². The Labute approximate surface area is 164 Å². The van der Waals surface area contributed by atoms with Gasteiger partial charge in [0, 0.05) is 35.5 Å². The molecule has 0 spiro atoms. The number of hydrogen-bond donors (Lipinski definition) is 1. The zero-order valence-corrected chi connectivity index (χ0v) is 16.0. The summed E-state index contributed by atoms with van der Waals surface area (Å²) in [6.45, 7) is 12.0. The molecule has 2 aromatic carbocycles. The molecule has 0 bridgehead atoms. The molecule has 2 aromatic heterocycles. The predicted octanol–water partition coefficient (Wildman–Crippen LogP) is 5.77. The minimum atomic E-state index is 0.395. The van der Waals surface area contributed by atoms with Gasteiger partial charge in [0.05, 0.1) is 11.7 Å². The van der Waals surface area contributed by atoms with Crippen LogP contribution in [0.25, 0.3) is 33.0 Å². The molecule has 0 saturated carbocycles. The topological polar surface area (TPSA) is 45.1 Å². The normalized spacial score (nSPS) is 16.9. The van der Waals surface area contributed by atoms with Crippen molar-refractivity contribution in [1.82, 2.24) is 15.1 Å². The molecule has 4 aromatic rings. The number of allylic oxidation sites excluding steroid dienone is 1. The molecule has 28 heavy (non-hydrogen) atoms. The Morgan fingerprint density at radius 1 is 1.29 bits per heavy atom. The molecule has 1 fully saturated rings. The number of aryl methyl sites for hydroxylation is 1. The van der Waals surface area contributed by atoms with Crippen molar-refractivity contribution in [3.8, 4) is 11.1 Å². The molecule has 1 saturated heterocycles. The van der Waals surface area contributed by atoms with Crippen molar-refractivity contribution >= 4 is 21.9 Å². The number of likely N-dealkylation sites (tertiary alicyclic amines) is 1. The zero-order chi connectivity index (χ0) is 19.3. The lowest BCUT2D eigenvalue weighted by atomic mass is 9.96. The summed E-state index contributed by atoms with van der Waals surface area (Å²) in [7, 11) is 0. The van der Waals surface area contributed by atoms with E-state index in [9.17, 15) is 0 Å². The van der Waals surface area contributed by atoms with Crippen molar-refractivity contribution < 1.29 is 4.42 Å². The highest BCUT2D eigenvalue weighted by molar-refractivity contribution is 5.98. The van der Waals surface area contributed by atoms with Crippen LogP contribution < -0.4 is 0 Å². The van der Waals surface area contributed by atoms with Gasteiger partial charge in [-0.25, -0.2) is 0 Å². The van der Waals surface area contributed by atoms with Crippen LogP contribution in [-0.4, -0.2) is 28.2 Å². The number of fused-ring (bicyclic) bond motifs is 2. The third-order valence-corrected chi connectivity index (χ3v) is 5.89. The Morgan fingerprint density at radius 2 is 2.18 bits per heavy atom. The summed E-state index contributed by atoms with van der Waals surface area (Å²) in [4.78, 5) is 2.28. The number of furan rings is 1. The molecule has 1 atom stereocenters. The maximum Gasteiger partial charge on any atom is 0.134 e. The van der Waals surface area contributed by atoms with Gasteiger partial charge in [0.1, 0.15) is 11.3 Å². The lowest BCUT2D eigenvalue weighted by molar-refractivity contribution is 0.421. The number of H-pyrrole nitrogens is 1. The minimum Gasteiger partial charge on any atom is -0.461 e. The molecule has 0 aliphatic carbocycles. The zero-order valence-electron chi connectivity index (χ0n) is 16.0. The van der Waals surface area contributed by atoms with Gasteiger partial charge < -0.3 is 9.32 Å². The first kappa shape index (κ1) is 16.9. The fraction of sp³-hybridized carbons (Fsp3) is 0.208. The first-order valence-electron chi connectivity index (χ1n) is 9.67. The fourth-order valence-electron chi connectivity index (χ4n) is 4.30. The number of hydrogen-bond acceptors (Lipinski definition) is 3. The van der Waals surface area contributed by atoms with E-state index in [1.165, 1.54) is 11.1 Å². The quantitative estimate of drug-likeness (QED) is 0.464. The second-order valence-electron chi connectivity index (χ2n) is 7.62. The van der Waals surface area contributed by atoms with E-state index in [2.05, 4.69) is 71.6 Å². The molecule has 3 heterocycles. The second kappa shape index (κ2) is 6.41. The SMILES string of the molecule is C=CC(=C)N1CCC(c2cc3ccc(-c4c(C)ccc5[nH]ncc45)cc3o2)C1. The van der Waals surface area contributed by atoms with Crippen LogP contribution in [0.4, 0.5) is 0 Å². The van der Waals surface area contributed by atoms with Crippen molar-refractivity contribution in [3.63, 3.8) is 0 Å². The number of benzene rings is 2. The Bertz CT molecular complexity index is 1210. The fourth-order valence-corrected chi connectivity index (χ4v) is 4.30. The lowest BCUT2D eigenvalue weighted by Crippen LogP contribution is -2.17. The highest BCUT2D eigenvalue weighted by Gasteiger charge is 2.26. The van der Waals surface area contributed by atoms with E-state index in [-0.39, 0.29) is 0 Å². The number of aromatic nitrogens is 2. The van der Waals surface area contributed by atoms with E-state index in [0.29, 0.717) is 5.92 Å². The van der Waals surface area contributed by atoms with Crippen LogP contribution in [0.3, 0.4) is 0 Å². The van der Waals surface area contributed by atoms with Crippen molar-refractivity contribution in [3.05, 3.63) is 78.8 Å². The summed E-state index contributed by atoms with van der Waals surface area (Å²) in [6, 6.07) is 12.9. The first-order chi connectivity index (χ1) is 13.6. The lowest BCUT2D eigenvalue weighted by Gasteiger charge is -2.17. The van der Waals surface area contributed by atoms with E-state index >= 15 is 0 Å². The Kier molecular flexibility index (Phi) is 3.86. The van der Waals surface area contributed by atoms with E-state index in [1.807, 2.05) is 12.3 Å². The predicted molar refractivity (Wildman–Crippen MR) is 114 cm³/mol. The van der Waals surface area contributed by atoms with Crippen LogP contribution in [0.5, 0.6) is 0 Å². The molecule has 1 unspecified atom stereocenters. The van der Waals surface area contributed by atoms with Crippen molar-refractivity contribution in [2.24, 2.45) is 0 Å². The molecule has 140 valence electrons. The summed E-state index contributed by atoms with van der Waals surface area (Å²) in [5.41, 5.74) is 6.58. The number of nitrogens with zero attached hydrogens (tertiary/aromatic N) is 2. The van der Waals surface area contributed by atoms with Crippen LogP contribution in [-0.2, 0) is 0 Å². The summed E-state index contributed by atoms with van der Waals surface area (Å²) < 4.78 is 6.30. The van der Waals surface area contributed by atoms with Crippen LogP contribution in [0.15, 0.2) is 71.9 Å². The van der Waals surface area contributed by atoms with E-state index < -0.39 is 0 Å². The highest BCUT2D eigenvalue weighted by Crippen LogP contribution is 2.36. The van der Waals surface area contributed by atoms with E-state index in [0.717, 1.165) is 58.4 Å². The van der Waals surface area contributed by atoms with Gasteiger partial charge in [-0.2, -0.15) is 5.10 Å². The van der Waals surface area contributed by atoms with Gasteiger partial charge in [-0.3, -0.25) is 5.10 Å². The average Bonchev–Trinajstić information content (AvgIpc) is 3.44. The monoisotopic (exact) mass is 369 g/mol. The molecular formula is C24H23N3O. The largest absolute Gasteiger partial charge is 0.461 e. The molecule has 0 amide bonds. The van der Waals surface area contributed by atoms with Gasteiger partial charge >= 0.3 is 0 Å². The summed E-state index contributed by atoms with van der Waals surface area (Å²) in [5.74, 6) is 1.45. The van der Waals surface area contributed by atoms with Crippen molar-refractivity contribution in [1.29, 1.82) is 0 Å². The smallest absolute Gasteiger partial charge is 0.134 e. The van der Waals surface area contributed by atoms with Crippen molar-refractivity contribution in [2.75, 3.05) is 13.1 Å². The Hall–Kier alpha value is -3.27. The van der Waals surface area contributed by atoms with Crippen LogP contribution in [0.2, 0.25) is 0 Å². The minimum absolute atomic E-state index is 0.395. The molecule has 5 rings (SSSR count). The number of rotatable bonds is 4. The van der Waals surface area contributed by atoms with E-state index in [4.69, 9.17) is 4.42 Å². The van der Waals surface area contributed by atoms with Gasteiger partial charge in [0.15, 0.2) is 0 Å². The van der Waals surface area contributed by atoms with Crippen molar-refractivity contribution in [2.45, 2.75) is 19.3 Å². The Morgan fingerprint density at radius 3 is 3.04 bits per heavy atom. The number of nitrogens with one attached hydrogen (secondary N) is 1. The van der Waals surface area contributed by atoms with Gasteiger partial charge in [-0.15, -0.1) is 0 Å². The average molecular weight is 369 g/mol. The molecule has 1 aliphatic heterocycles. The molecular weight excluding hydrogens is 346 g/mol. The third-order valence-electron chi connectivity index (χ3n) is 5.89. The number of aromatic amines is 1. The molecule has 4 nitrogen and oxygen atoms in total. The van der Waals surface area contributed by atoms with Gasteiger partial charge in [-0.1, -0.05) is 31.4 Å². The van der Waals surface area contributed by atoms with Gasteiger partial charge in [0.25, 0.3) is 0 Å². The van der Waals surface area contributed by atoms with Crippen LogP contribution in [0, 0.1) is 6.92 Å². The highest BCUT2D eigenvalue weighted by atomic mass is 16.3. The molecule has 0 radical (unpaired) electrons. The Balaban J connectivity index is 1.53. The summed E-state index contributed by atoms with van der Waals surface area (Å²) in [6.07, 6.45) is 4.80. The molecule has 1 N–H and O–H groups in total. The third kappa shape index (κ3) is 2.64. The maximum absolute atomic E-state index is 6.30. The molecule has 1 aliphatic rings. The van der Waals surface area contributed by atoms with Gasteiger partial charge in [-0.05, 0) is 54.3 Å². The first-order valence-corrected chi connectivity index (χ1v) is 9.67. The van der Waals surface area contributed by atoms with Crippen LogP contribution >= 0.6 is 0 Å². The van der Waals surface area contributed by atoms with Crippen LogP contribution in [0.1, 0.15) is 23.7 Å². The summed E-state index contributed by atoms with van der Waals surface area (Å²) >= 11 is 0. The van der Waals surface area contributed by atoms with E-state index in [1.54, 1.807) is 0 Å².